The van der Waals surface area contributed by atoms with Crippen LogP contribution in [0, 0.1) is 10.1 Å². The van der Waals surface area contributed by atoms with Gasteiger partial charge in [0.25, 0.3) is 5.69 Å². The smallest absolute Gasteiger partial charge is 0.293 e. The van der Waals surface area contributed by atoms with E-state index >= 15 is 0 Å². The van der Waals surface area contributed by atoms with Crippen LogP contribution in [0.2, 0.25) is 0 Å². The fourth-order valence-electron chi connectivity index (χ4n) is 3.79. The highest BCUT2D eigenvalue weighted by atomic mass is 32.2. The van der Waals surface area contributed by atoms with Gasteiger partial charge in [-0.1, -0.05) is 6.07 Å². The van der Waals surface area contributed by atoms with E-state index in [1.54, 1.807) is 0 Å². The first-order valence-corrected chi connectivity index (χ1v) is 10.9. The number of nitro benzene ring substituents is 1. The van der Waals surface area contributed by atoms with Crippen LogP contribution < -0.4 is 14.4 Å². The number of ether oxygens (including phenoxy) is 2. The van der Waals surface area contributed by atoms with Crippen LogP contribution >= 0.6 is 0 Å². The Hall–Kier alpha value is -2.81. The van der Waals surface area contributed by atoms with Crippen molar-refractivity contribution in [2.24, 2.45) is 0 Å². The largest absolute Gasteiger partial charge is 0.486 e. The molecule has 0 unspecified atom stereocenters. The summed E-state index contributed by atoms with van der Waals surface area (Å²) in [5.74, 6) is 1.38. The van der Waals surface area contributed by atoms with Gasteiger partial charge in [-0.15, -0.1) is 0 Å². The monoisotopic (exact) mass is 404 g/mol. The molecule has 0 spiro atoms. The SMILES string of the molecule is CS(=O)(=O)c1ccc(N2CCC[C@H]2c2ccc3c(c2)OCCO3)c([N+](=O)[O-])c1. The molecule has 0 N–H and O–H groups in total. The van der Waals surface area contributed by atoms with E-state index in [9.17, 15) is 18.5 Å². The van der Waals surface area contributed by atoms with Gasteiger partial charge in [0.15, 0.2) is 21.3 Å². The van der Waals surface area contributed by atoms with Gasteiger partial charge in [-0.05, 0) is 42.7 Å². The van der Waals surface area contributed by atoms with Crippen LogP contribution in [0.5, 0.6) is 11.5 Å². The van der Waals surface area contributed by atoms with Gasteiger partial charge in [-0.2, -0.15) is 0 Å². The molecule has 1 saturated heterocycles. The fourth-order valence-corrected chi connectivity index (χ4v) is 4.43. The predicted octanol–water partition coefficient (Wildman–Crippen LogP) is 3.11. The quantitative estimate of drug-likeness (QED) is 0.570. The third kappa shape index (κ3) is 3.37. The molecule has 0 aromatic heterocycles. The highest BCUT2D eigenvalue weighted by Gasteiger charge is 2.32. The Kier molecular flexibility index (Phi) is 4.62. The topological polar surface area (TPSA) is 99.0 Å². The van der Waals surface area contributed by atoms with Crippen molar-refractivity contribution in [1.82, 2.24) is 0 Å². The van der Waals surface area contributed by atoms with Crippen LogP contribution in [0.25, 0.3) is 0 Å². The summed E-state index contributed by atoms with van der Waals surface area (Å²) in [6.45, 7) is 1.65. The highest BCUT2D eigenvalue weighted by Crippen LogP contribution is 2.43. The highest BCUT2D eigenvalue weighted by molar-refractivity contribution is 7.90. The van der Waals surface area contributed by atoms with Crippen molar-refractivity contribution in [3.05, 3.63) is 52.1 Å². The minimum atomic E-state index is -3.53. The Morgan fingerprint density at radius 2 is 1.86 bits per heavy atom. The number of benzene rings is 2. The first-order valence-electron chi connectivity index (χ1n) is 8.99. The van der Waals surface area contributed by atoms with Crippen molar-refractivity contribution in [2.45, 2.75) is 23.8 Å². The van der Waals surface area contributed by atoms with Gasteiger partial charge in [0.05, 0.1) is 15.9 Å². The maximum absolute atomic E-state index is 11.8. The van der Waals surface area contributed by atoms with E-state index in [0.29, 0.717) is 36.9 Å². The van der Waals surface area contributed by atoms with Gasteiger partial charge < -0.3 is 14.4 Å². The molecule has 0 saturated carbocycles. The molecule has 0 aliphatic carbocycles. The minimum absolute atomic E-state index is 0.0568. The van der Waals surface area contributed by atoms with Crippen LogP contribution in [-0.2, 0) is 9.84 Å². The number of hydrogen-bond acceptors (Lipinski definition) is 7. The lowest BCUT2D eigenvalue weighted by atomic mass is 10.0. The van der Waals surface area contributed by atoms with Crippen molar-refractivity contribution in [1.29, 1.82) is 0 Å². The molecule has 0 radical (unpaired) electrons. The molecular formula is C19H20N2O6S. The third-order valence-electron chi connectivity index (χ3n) is 5.08. The Bertz CT molecular complexity index is 1040. The van der Waals surface area contributed by atoms with E-state index in [4.69, 9.17) is 9.47 Å². The zero-order chi connectivity index (χ0) is 19.9. The molecule has 28 heavy (non-hydrogen) atoms. The molecule has 1 fully saturated rings. The van der Waals surface area contributed by atoms with Crippen molar-refractivity contribution in [3.63, 3.8) is 0 Å². The second-order valence-corrected chi connectivity index (χ2v) is 8.95. The van der Waals surface area contributed by atoms with Crippen LogP contribution in [0.4, 0.5) is 11.4 Å². The molecule has 148 valence electrons. The molecule has 0 bridgehead atoms. The lowest BCUT2D eigenvalue weighted by Gasteiger charge is -2.28. The maximum Gasteiger partial charge on any atom is 0.293 e. The summed E-state index contributed by atoms with van der Waals surface area (Å²) in [6.07, 6.45) is 2.76. The van der Waals surface area contributed by atoms with E-state index in [0.717, 1.165) is 30.7 Å². The molecule has 1 atom stereocenters. The second-order valence-electron chi connectivity index (χ2n) is 6.93. The van der Waals surface area contributed by atoms with E-state index in [1.807, 2.05) is 23.1 Å². The van der Waals surface area contributed by atoms with Gasteiger partial charge in [-0.25, -0.2) is 8.42 Å². The number of nitro groups is 1. The van der Waals surface area contributed by atoms with E-state index < -0.39 is 14.8 Å². The van der Waals surface area contributed by atoms with E-state index in [2.05, 4.69) is 0 Å². The first kappa shape index (κ1) is 18.5. The number of fused-ring (bicyclic) bond motifs is 1. The number of rotatable bonds is 4. The zero-order valence-electron chi connectivity index (χ0n) is 15.3. The lowest BCUT2D eigenvalue weighted by molar-refractivity contribution is -0.384. The minimum Gasteiger partial charge on any atom is -0.486 e. The molecule has 2 aromatic carbocycles. The molecule has 0 amide bonds. The summed E-state index contributed by atoms with van der Waals surface area (Å²) in [6, 6.07) is 9.78. The fraction of sp³-hybridized carbons (Fsp3) is 0.368. The molecule has 2 aliphatic heterocycles. The van der Waals surface area contributed by atoms with Gasteiger partial charge in [0, 0.05) is 18.9 Å². The van der Waals surface area contributed by atoms with Gasteiger partial charge in [0.2, 0.25) is 0 Å². The van der Waals surface area contributed by atoms with Gasteiger partial charge in [-0.3, -0.25) is 10.1 Å². The molecule has 4 rings (SSSR count). The average Bonchev–Trinajstić information content (AvgIpc) is 3.16. The predicted molar refractivity (Wildman–Crippen MR) is 103 cm³/mol. The molecule has 9 heteroatoms. The van der Waals surface area contributed by atoms with Crippen molar-refractivity contribution in [2.75, 3.05) is 30.9 Å². The van der Waals surface area contributed by atoms with Crippen molar-refractivity contribution < 1.29 is 22.8 Å². The van der Waals surface area contributed by atoms with E-state index in [1.165, 1.54) is 12.1 Å². The summed E-state index contributed by atoms with van der Waals surface area (Å²) in [4.78, 5) is 13.0. The summed E-state index contributed by atoms with van der Waals surface area (Å²) < 4.78 is 34.8. The van der Waals surface area contributed by atoms with Gasteiger partial charge in [0.1, 0.15) is 18.9 Å². The normalized spacial score (nSPS) is 18.9. The zero-order valence-corrected chi connectivity index (χ0v) is 16.1. The molecule has 2 aromatic rings. The molecule has 2 aliphatic rings. The van der Waals surface area contributed by atoms with Crippen LogP contribution in [0.3, 0.4) is 0 Å². The van der Waals surface area contributed by atoms with Crippen LogP contribution in [-0.4, -0.2) is 39.4 Å². The molecule has 2 heterocycles. The summed E-state index contributed by atoms with van der Waals surface area (Å²) in [5, 5.41) is 11.6. The Morgan fingerprint density at radius 1 is 1.11 bits per heavy atom. The number of sulfone groups is 1. The number of hydrogen-bond donors (Lipinski definition) is 0. The van der Waals surface area contributed by atoms with Crippen molar-refractivity contribution in [3.8, 4) is 11.5 Å². The van der Waals surface area contributed by atoms with Crippen LogP contribution in [0.15, 0.2) is 41.3 Å². The maximum atomic E-state index is 11.8. The van der Waals surface area contributed by atoms with Gasteiger partial charge >= 0.3 is 0 Å². The average molecular weight is 404 g/mol. The summed E-state index contributed by atoms with van der Waals surface area (Å²) >= 11 is 0. The first-order chi connectivity index (χ1) is 13.3. The Morgan fingerprint density at radius 3 is 2.57 bits per heavy atom. The number of nitrogens with zero attached hydrogens (tertiary/aromatic N) is 2. The second kappa shape index (κ2) is 6.97. The van der Waals surface area contributed by atoms with Crippen LogP contribution in [0.1, 0.15) is 24.4 Å². The molecular weight excluding hydrogens is 384 g/mol. The standard InChI is InChI=1S/C19H20N2O6S/c1-28(24,25)14-5-6-16(17(12-14)21(22)23)20-8-2-3-15(20)13-4-7-18-19(11-13)27-10-9-26-18/h4-7,11-12,15H,2-3,8-10H2,1H3/t15-/m0/s1. The van der Waals surface area contributed by atoms with Crippen molar-refractivity contribution >= 4 is 21.2 Å². The third-order valence-corrected chi connectivity index (χ3v) is 6.20. The van der Waals surface area contributed by atoms with E-state index in [-0.39, 0.29) is 16.6 Å². The summed E-state index contributed by atoms with van der Waals surface area (Å²) in [5.41, 5.74) is 1.21. The summed E-state index contributed by atoms with van der Waals surface area (Å²) in [7, 11) is -3.53. The Labute approximate surface area is 162 Å². The Balaban J connectivity index is 1.73. The lowest BCUT2D eigenvalue weighted by Crippen LogP contribution is -2.24. The number of anilines is 1. The molecule has 8 nitrogen and oxygen atoms in total.